The average Bonchev–Trinajstić information content (AvgIpc) is 2.97. The highest BCUT2D eigenvalue weighted by molar-refractivity contribution is 9.10. The normalized spacial score (nSPS) is 29.5. The van der Waals surface area contributed by atoms with Crippen LogP contribution in [-0.4, -0.2) is 34.9 Å². The van der Waals surface area contributed by atoms with E-state index < -0.39 is 16.9 Å². The number of halogens is 1. The molecule has 0 aliphatic carbocycles. The van der Waals surface area contributed by atoms with E-state index in [4.69, 9.17) is 14.5 Å². The van der Waals surface area contributed by atoms with Crippen molar-refractivity contribution >= 4 is 27.8 Å². The molecule has 7 nitrogen and oxygen atoms in total. The van der Waals surface area contributed by atoms with Crippen LogP contribution in [0.4, 0.5) is 0 Å². The van der Waals surface area contributed by atoms with Gasteiger partial charge in [-0.15, -0.1) is 0 Å². The van der Waals surface area contributed by atoms with Gasteiger partial charge in [0.25, 0.3) is 5.91 Å². The maximum Gasteiger partial charge on any atom is 0.316 e. The number of carbonyl (C=O) groups is 2. The second kappa shape index (κ2) is 8.59. The number of nitrogens with zero attached hydrogens (tertiary/aromatic N) is 1. The number of rotatable bonds is 6. The van der Waals surface area contributed by atoms with Crippen molar-refractivity contribution in [1.29, 1.82) is 0 Å². The standard InChI is InChI=1S/C24H27BrN2O5/c1-4-30-21(29)24(16-17-10-6-5-7-11-17)15-14-22(2)27(23(24,3)32-31-22)26-20(28)18-12-8-9-13-19(18)25/h5-13H,4,14-16H2,1-3H3,(H,26,28). The SMILES string of the molecule is CCOC(=O)C1(Cc2ccccc2)CCC2(C)OOC1(C)N2NC(=O)c1ccccc1Br. The summed E-state index contributed by atoms with van der Waals surface area (Å²) in [7, 11) is 0. The number of hydrogen-bond acceptors (Lipinski definition) is 6. The fourth-order valence-corrected chi connectivity index (χ4v) is 5.15. The van der Waals surface area contributed by atoms with E-state index in [1.807, 2.05) is 43.3 Å². The number of benzene rings is 2. The zero-order valence-electron chi connectivity index (χ0n) is 18.4. The second-order valence-corrected chi connectivity index (χ2v) is 9.40. The van der Waals surface area contributed by atoms with Gasteiger partial charge in [-0.1, -0.05) is 42.5 Å². The van der Waals surface area contributed by atoms with Crippen LogP contribution in [0.15, 0.2) is 59.1 Å². The number of piperidine rings is 1. The molecule has 0 radical (unpaired) electrons. The Hall–Kier alpha value is -2.26. The van der Waals surface area contributed by atoms with Crippen LogP contribution in [-0.2, 0) is 25.7 Å². The van der Waals surface area contributed by atoms with Gasteiger partial charge in [-0.3, -0.25) is 15.0 Å². The van der Waals surface area contributed by atoms with Crippen molar-refractivity contribution in [2.75, 3.05) is 6.61 Å². The lowest BCUT2D eigenvalue weighted by atomic mass is 9.66. The Morgan fingerprint density at radius 3 is 2.44 bits per heavy atom. The zero-order chi connectivity index (χ0) is 23.0. The second-order valence-electron chi connectivity index (χ2n) is 8.55. The Bertz CT molecular complexity index is 1020. The van der Waals surface area contributed by atoms with Gasteiger partial charge in [0.2, 0.25) is 0 Å². The number of hydrogen-bond donors (Lipinski definition) is 1. The number of hydrazine groups is 1. The molecule has 2 heterocycles. The van der Waals surface area contributed by atoms with E-state index in [-0.39, 0.29) is 18.5 Å². The number of nitrogens with one attached hydrogen (secondary N) is 1. The molecule has 2 aromatic carbocycles. The summed E-state index contributed by atoms with van der Waals surface area (Å²) < 4.78 is 6.21. The maximum absolute atomic E-state index is 13.5. The molecule has 4 rings (SSSR count). The number of fused-ring (bicyclic) bond motifs is 2. The molecule has 0 aromatic heterocycles. The summed E-state index contributed by atoms with van der Waals surface area (Å²) in [5.74, 6) is -0.706. The van der Waals surface area contributed by atoms with E-state index in [1.54, 1.807) is 37.1 Å². The average molecular weight is 503 g/mol. The highest BCUT2D eigenvalue weighted by Gasteiger charge is 2.71. The van der Waals surface area contributed by atoms with E-state index in [0.717, 1.165) is 5.56 Å². The molecule has 2 bridgehead atoms. The van der Waals surface area contributed by atoms with Gasteiger partial charge in [-0.2, -0.15) is 5.01 Å². The summed E-state index contributed by atoms with van der Waals surface area (Å²) >= 11 is 3.43. The Morgan fingerprint density at radius 2 is 1.75 bits per heavy atom. The first-order valence-corrected chi connectivity index (χ1v) is 11.5. The van der Waals surface area contributed by atoms with Gasteiger partial charge in [0, 0.05) is 4.47 Å². The lowest BCUT2D eigenvalue weighted by Gasteiger charge is -2.52. The summed E-state index contributed by atoms with van der Waals surface area (Å²) in [6, 6.07) is 16.9. The van der Waals surface area contributed by atoms with Gasteiger partial charge in [0.1, 0.15) is 5.41 Å². The lowest BCUT2D eigenvalue weighted by molar-refractivity contribution is -0.350. The minimum absolute atomic E-state index is 0.243. The van der Waals surface area contributed by atoms with Gasteiger partial charge in [0.05, 0.1) is 12.2 Å². The summed E-state index contributed by atoms with van der Waals surface area (Å²) in [6.45, 7) is 5.64. The van der Waals surface area contributed by atoms with Crippen molar-refractivity contribution in [3.05, 3.63) is 70.2 Å². The van der Waals surface area contributed by atoms with Gasteiger partial charge in [0.15, 0.2) is 11.4 Å². The third-order valence-corrected chi connectivity index (χ3v) is 7.22. The molecule has 3 unspecified atom stereocenters. The molecule has 0 saturated carbocycles. The zero-order valence-corrected chi connectivity index (χ0v) is 20.0. The van der Waals surface area contributed by atoms with Crippen LogP contribution in [0.1, 0.15) is 49.5 Å². The predicted molar refractivity (Wildman–Crippen MR) is 121 cm³/mol. The van der Waals surface area contributed by atoms with Crippen molar-refractivity contribution in [3.8, 4) is 0 Å². The summed E-state index contributed by atoms with van der Waals surface area (Å²) in [4.78, 5) is 38.3. The fourth-order valence-electron chi connectivity index (χ4n) is 4.68. The minimum Gasteiger partial charge on any atom is -0.465 e. The van der Waals surface area contributed by atoms with Crippen LogP contribution >= 0.6 is 15.9 Å². The van der Waals surface area contributed by atoms with Crippen molar-refractivity contribution in [1.82, 2.24) is 10.4 Å². The quantitative estimate of drug-likeness (QED) is 0.466. The number of amides is 1. The predicted octanol–water partition coefficient (Wildman–Crippen LogP) is 4.38. The molecule has 2 aliphatic heterocycles. The first kappa shape index (κ1) is 22.9. The maximum atomic E-state index is 13.5. The molecular formula is C24H27BrN2O5. The summed E-state index contributed by atoms with van der Waals surface area (Å²) in [6.07, 6.45) is 1.32. The molecule has 2 saturated heterocycles. The Kier molecular flexibility index (Phi) is 6.15. The molecule has 2 aromatic rings. The van der Waals surface area contributed by atoms with Gasteiger partial charge in [-0.05, 0) is 73.7 Å². The van der Waals surface area contributed by atoms with Crippen molar-refractivity contribution in [3.63, 3.8) is 0 Å². The van der Waals surface area contributed by atoms with Crippen LogP contribution in [0.25, 0.3) is 0 Å². The van der Waals surface area contributed by atoms with E-state index in [2.05, 4.69) is 21.4 Å². The van der Waals surface area contributed by atoms with E-state index in [9.17, 15) is 9.59 Å². The molecule has 2 fully saturated rings. The highest BCUT2D eigenvalue weighted by Crippen LogP contribution is 2.57. The van der Waals surface area contributed by atoms with Crippen LogP contribution in [0.2, 0.25) is 0 Å². The third-order valence-electron chi connectivity index (χ3n) is 6.53. The van der Waals surface area contributed by atoms with Gasteiger partial charge in [-0.25, -0.2) is 9.78 Å². The first-order chi connectivity index (χ1) is 15.3. The molecular weight excluding hydrogens is 476 g/mol. The van der Waals surface area contributed by atoms with Crippen molar-refractivity contribution in [2.45, 2.75) is 51.5 Å². The van der Waals surface area contributed by atoms with Crippen LogP contribution < -0.4 is 5.43 Å². The molecule has 8 heteroatoms. The largest absolute Gasteiger partial charge is 0.465 e. The molecule has 170 valence electrons. The van der Waals surface area contributed by atoms with Crippen LogP contribution in [0, 0.1) is 5.41 Å². The summed E-state index contributed by atoms with van der Waals surface area (Å²) in [5.41, 5.74) is 1.08. The Balaban J connectivity index is 1.75. The lowest BCUT2D eigenvalue weighted by Crippen LogP contribution is -2.72. The highest BCUT2D eigenvalue weighted by atomic mass is 79.9. The van der Waals surface area contributed by atoms with Crippen LogP contribution in [0.3, 0.4) is 0 Å². The number of carbonyl (C=O) groups excluding carboxylic acids is 2. The van der Waals surface area contributed by atoms with E-state index in [0.29, 0.717) is 29.3 Å². The van der Waals surface area contributed by atoms with Crippen molar-refractivity contribution in [2.24, 2.45) is 5.41 Å². The molecule has 0 spiro atoms. The van der Waals surface area contributed by atoms with E-state index >= 15 is 0 Å². The molecule has 2 aliphatic rings. The van der Waals surface area contributed by atoms with E-state index in [1.165, 1.54) is 0 Å². The molecule has 1 N–H and O–H groups in total. The smallest absolute Gasteiger partial charge is 0.316 e. The minimum atomic E-state index is -1.29. The van der Waals surface area contributed by atoms with Gasteiger partial charge >= 0.3 is 5.97 Å². The monoisotopic (exact) mass is 502 g/mol. The molecule has 3 atom stereocenters. The van der Waals surface area contributed by atoms with Gasteiger partial charge < -0.3 is 4.74 Å². The summed E-state index contributed by atoms with van der Waals surface area (Å²) in [5, 5.41) is 1.64. The third kappa shape index (κ3) is 3.65. The number of ether oxygens (including phenoxy) is 1. The Morgan fingerprint density at radius 1 is 1.06 bits per heavy atom. The molecule has 32 heavy (non-hydrogen) atoms. The van der Waals surface area contributed by atoms with Crippen molar-refractivity contribution < 1.29 is 24.1 Å². The Labute approximate surface area is 196 Å². The topological polar surface area (TPSA) is 77.1 Å². The fraction of sp³-hybridized carbons (Fsp3) is 0.417. The molecule has 1 amide bonds. The van der Waals surface area contributed by atoms with Crippen LogP contribution in [0.5, 0.6) is 0 Å². The first-order valence-electron chi connectivity index (χ1n) is 10.7. The number of esters is 1.